The van der Waals surface area contributed by atoms with Crippen LogP contribution in [0.2, 0.25) is 0 Å². The number of rotatable bonds is 3. The normalized spacial score (nSPS) is 15.6. The zero-order chi connectivity index (χ0) is 7.49. The molecule has 6 heteroatoms. The molecule has 0 aliphatic rings. The maximum Gasteiger partial charge on any atom is 0.346 e. The Morgan fingerprint density at radius 2 is 2.11 bits per heavy atom. The largest absolute Gasteiger partial charge is 0.346 e. The SMILES string of the molecule is NCCC(F)(F)S(=O)O. The Morgan fingerprint density at radius 1 is 1.67 bits per heavy atom. The first-order chi connectivity index (χ1) is 4.00. The van der Waals surface area contributed by atoms with Gasteiger partial charge in [0.25, 0.3) is 0 Å². The number of alkyl halides is 2. The molecule has 0 aliphatic heterocycles. The summed E-state index contributed by atoms with van der Waals surface area (Å²) in [4.78, 5) is 0. The van der Waals surface area contributed by atoms with Gasteiger partial charge in [-0.1, -0.05) is 0 Å². The van der Waals surface area contributed by atoms with Gasteiger partial charge in [-0.05, 0) is 6.54 Å². The summed E-state index contributed by atoms with van der Waals surface area (Å²) in [5.74, 6) is 0. The third kappa shape index (κ3) is 2.83. The minimum Gasteiger partial charge on any atom is -0.330 e. The first-order valence-electron chi connectivity index (χ1n) is 2.19. The van der Waals surface area contributed by atoms with Crippen molar-refractivity contribution in [2.75, 3.05) is 6.54 Å². The molecule has 1 atom stereocenters. The van der Waals surface area contributed by atoms with E-state index >= 15 is 0 Å². The fourth-order valence-electron chi connectivity index (χ4n) is 0.255. The maximum atomic E-state index is 11.9. The average molecular weight is 159 g/mol. The highest BCUT2D eigenvalue weighted by atomic mass is 32.2. The summed E-state index contributed by atoms with van der Waals surface area (Å²) in [6.07, 6.45) is -0.754. The fraction of sp³-hybridized carbons (Fsp3) is 1.00. The summed E-state index contributed by atoms with van der Waals surface area (Å²) >= 11 is -3.09. The van der Waals surface area contributed by atoms with Gasteiger partial charge in [0.05, 0.1) is 0 Å². The van der Waals surface area contributed by atoms with E-state index in [2.05, 4.69) is 0 Å². The predicted octanol–water partition coefficient (Wildman–Crippen LogP) is 0.150. The second-order valence-electron chi connectivity index (χ2n) is 1.43. The van der Waals surface area contributed by atoms with Crippen molar-refractivity contribution in [1.29, 1.82) is 0 Å². The van der Waals surface area contributed by atoms with Gasteiger partial charge in [-0.2, -0.15) is 8.78 Å². The van der Waals surface area contributed by atoms with Gasteiger partial charge in [0.1, 0.15) is 0 Å². The molecular weight excluding hydrogens is 152 g/mol. The van der Waals surface area contributed by atoms with Crippen LogP contribution in [0.4, 0.5) is 8.78 Å². The Labute approximate surface area is 53.5 Å². The molecule has 0 radical (unpaired) electrons. The smallest absolute Gasteiger partial charge is 0.330 e. The first-order valence-corrected chi connectivity index (χ1v) is 3.30. The fourth-order valence-corrected chi connectivity index (χ4v) is 0.548. The second-order valence-corrected chi connectivity index (χ2v) is 2.52. The van der Waals surface area contributed by atoms with Gasteiger partial charge in [-0.3, -0.25) is 0 Å². The van der Waals surface area contributed by atoms with Gasteiger partial charge < -0.3 is 10.3 Å². The topological polar surface area (TPSA) is 63.3 Å². The van der Waals surface area contributed by atoms with E-state index in [0.29, 0.717) is 0 Å². The third-order valence-electron chi connectivity index (χ3n) is 0.691. The van der Waals surface area contributed by atoms with Crippen LogP contribution < -0.4 is 5.73 Å². The highest BCUT2D eigenvalue weighted by Gasteiger charge is 2.34. The molecule has 0 fully saturated rings. The van der Waals surface area contributed by atoms with Crippen molar-refractivity contribution in [3.8, 4) is 0 Å². The van der Waals surface area contributed by atoms with Gasteiger partial charge in [0, 0.05) is 6.42 Å². The molecule has 0 aromatic rings. The standard InChI is InChI=1S/C3H7F2NO2S/c4-3(5,1-2-6)9(7)8/h1-2,6H2,(H,7,8). The number of halogens is 2. The van der Waals surface area contributed by atoms with Crippen LogP contribution in [0.25, 0.3) is 0 Å². The summed E-state index contributed by atoms with van der Waals surface area (Å²) in [6.45, 7) is -0.292. The lowest BCUT2D eigenvalue weighted by atomic mass is 10.5. The Hall–Kier alpha value is -0.0700. The highest BCUT2D eigenvalue weighted by Crippen LogP contribution is 2.19. The lowest BCUT2D eigenvalue weighted by Gasteiger charge is -2.08. The van der Waals surface area contributed by atoms with Crippen LogP contribution in [0.3, 0.4) is 0 Å². The molecule has 0 saturated heterocycles. The zero-order valence-corrected chi connectivity index (χ0v) is 5.33. The molecule has 1 unspecified atom stereocenters. The van der Waals surface area contributed by atoms with Crippen LogP contribution in [0.1, 0.15) is 6.42 Å². The van der Waals surface area contributed by atoms with E-state index in [-0.39, 0.29) is 6.54 Å². The van der Waals surface area contributed by atoms with E-state index in [9.17, 15) is 13.0 Å². The van der Waals surface area contributed by atoms with Crippen LogP contribution >= 0.6 is 0 Å². The van der Waals surface area contributed by atoms with Crippen LogP contribution in [0.5, 0.6) is 0 Å². The quantitative estimate of drug-likeness (QED) is 0.576. The summed E-state index contributed by atoms with van der Waals surface area (Å²) < 4.78 is 41.4. The molecule has 0 aromatic heterocycles. The molecule has 0 spiro atoms. The highest BCUT2D eigenvalue weighted by molar-refractivity contribution is 7.80. The minimum atomic E-state index is -3.55. The van der Waals surface area contributed by atoms with Crippen molar-refractivity contribution in [2.45, 2.75) is 11.7 Å². The number of hydrogen-bond donors (Lipinski definition) is 2. The summed E-state index contributed by atoms with van der Waals surface area (Å²) in [5, 5.41) is -3.55. The van der Waals surface area contributed by atoms with E-state index in [0.717, 1.165) is 0 Å². The molecule has 0 heterocycles. The average Bonchev–Trinajstić information content (AvgIpc) is 1.65. The van der Waals surface area contributed by atoms with Gasteiger partial charge in [0.15, 0.2) is 0 Å². The molecule has 3 nitrogen and oxygen atoms in total. The van der Waals surface area contributed by atoms with Gasteiger partial charge in [-0.25, -0.2) is 4.21 Å². The Balaban J connectivity index is 3.85. The minimum absolute atomic E-state index is 0.292. The van der Waals surface area contributed by atoms with Crippen LogP contribution in [0, 0.1) is 0 Å². The zero-order valence-electron chi connectivity index (χ0n) is 4.51. The predicted molar refractivity (Wildman–Crippen MR) is 29.4 cm³/mol. The maximum absolute atomic E-state index is 11.9. The molecule has 0 rings (SSSR count). The van der Waals surface area contributed by atoms with E-state index in [1.165, 1.54) is 0 Å². The van der Waals surface area contributed by atoms with E-state index in [1.54, 1.807) is 0 Å². The van der Waals surface area contributed by atoms with Crippen molar-refractivity contribution < 1.29 is 17.5 Å². The molecule has 56 valence electrons. The molecule has 0 aromatic carbocycles. The van der Waals surface area contributed by atoms with Gasteiger partial charge >= 0.3 is 5.25 Å². The summed E-state index contributed by atoms with van der Waals surface area (Å²) in [6, 6.07) is 0. The molecular formula is C3H7F2NO2S. The van der Waals surface area contributed by atoms with Crippen molar-refractivity contribution in [3.63, 3.8) is 0 Å². The van der Waals surface area contributed by atoms with Crippen molar-refractivity contribution in [3.05, 3.63) is 0 Å². The molecule has 0 aliphatic carbocycles. The van der Waals surface area contributed by atoms with Gasteiger partial charge in [-0.15, -0.1) is 0 Å². The van der Waals surface area contributed by atoms with Crippen LogP contribution in [0.15, 0.2) is 0 Å². The van der Waals surface area contributed by atoms with Crippen molar-refractivity contribution >= 4 is 11.1 Å². The Kier molecular flexibility index (Phi) is 3.16. The number of hydrogen-bond acceptors (Lipinski definition) is 2. The second kappa shape index (κ2) is 3.19. The Morgan fingerprint density at radius 3 is 2.22 bits per heavy atom. The summed E-state index contributed by atoms with van der Waals surface area (Å²) in [5.41, 5.74) is 4.73. The molecule has 3 N–H and O–H groups in total. The molecule has 0 amide bonds. The Bertz CT molecular complexity index is 118. The van der Waals surface area contributed by atoms with Crippen LogP contribution in [-0.2, 0) is 11.1 Å². The lowest BCUT2D eigenvalue weighted by Crippen LogP contribution is -2.25. The van der Waals surface area contributed by atoms with E-state index in [1.807, 2.05) is 0 Å². The monoisotopic (exact) mass is 159 g/mol. The lowest BCUT2D eigenvalue weighted by molar-refractivity contribution is 0.0831. The van der Waals surface area contributed by atoms with E-state index in [4.69, 9.17) is 10.3 Å². The number of nitrogens with two attached hydrogens (primary N) is 1. The summed E-state index contributed by atoms with van der Waals surface area (Å²) in [7, 11) is 0. The third-order valence-corrected chi connectivity index (χ3v) is 1.41. The van der Waals surface area contributed by atoms with Gasteiger partial charge in [0.2, 0.25) is 11.1 Å². The first kappa shape index (κ1) is 8.93. The van der Waals surface area contributed by atoms with Crippen molar-refractivity contribution in [1.82, 2.24) is 0 Å². The molecule has 9 heavy (non-hydrogen) atoms. The molecule has 0 bridgehead atoms. The van der Waals surface area contributed by atoms with E-state index < -0.39 is 22.8 Å². The van der Waals surface area contributed by atoms with Crippen LogP contribution in [-0.4, -0.2) is 20.6 Å². The molecule has 0 saturated carbocycles. The van der Waals surface area contributed by atoms with Crippen molar-refractivity contribution in [2.24, 2.45) is 5.73 Å².